The summed E-state index contributed by atoms with van der Waals surface area (Å²) in [5.74, 6) is 12.5. The lowest BCUT2D eigenvalue weighted by atomic mass is 9.85. The Morgan fingerprint density at radius 3 is 1.79 bits per heavy atom. The molecule has 0 spiro atoms. The normalized spacial score (nSPS) is 16.8. The first-order chi connectivity index (χ1) is 22.2. The van der Waals surface area contributed by atoms with Gasteiger partial charge >= 0.3 is 12.2 Å². The fourth-order valence-corrected chi connectivity index (χ4v) is 4.71. The molecule has 2 saturated heterocycles. The predicted molar refractivity (Wildman–Crippen MR) is 176 cm³/mol. The summed E-state index contributed by atoms with van der Waals surface area (Å²) in [6, 6.07) is 18.2. The highest BCUT2D eigenvalue weighted by Gasteiger charge is 2.55. The summed E-state index contributed by atoms with van der Waals surface area (Å²) in [4.78, 5) is 39.5. The van der Waals surface area contributed by atoms with Gasteiger partial charge in [0, 0.05) is 40.8 Å². The summed E-state index contributed by atoms with van der Waals surface area (Å²) >= 11 is 0. The largest absolute Gasteiger partial charge is 0.441 e. The predicted octanol–water partition coefficient (Wildman–Crippen LogP) is 6.75. The van der Waals surface area contributed by atoms with E-state index in [-0.39, 0.29) is 6.09 Å². The maximum absolute atomic E-state index is 13.0. The smallest absolute Gasteiger partial charge is 0.416 e. The van der Waals surface area contributed by atoms with E-state index in [0.29, 0.717) is 29.3 Å². The van der Waals surface area contributed by atoms with Gasteiger partial charge in [0.05, 0.1) is 18.3 Å². The molecule has 9 nitrogen and oxygen atoms in total. The van der Waals surface area contributed by atoms with Gasteiger partial charge in [0.25, 0.3) is 0 Å². The number of pyridine rings is 3. The van der Waals surface area contributed by atoms with E-state index in [1.54, 1.807) is 35.5 Å². The number of cyclic esters (lactones) is 2. The van der Waals surface area contributed by atoms with Crippen molar-refractivity contribution in [3.05, 3.63) is 114 Å². The molecule has 2 aliphatic rings. The van der Waals surface area contributed by atoms with Gasteiger partial charge in [-0.3, -0.25) is 14.8 Å². The van der Waals surface area contributed by atoms with Crippen LogP contribution in [0.4, 0.5) is 25.6 Å². The molecule has 0 bridgehead atoms. The highest BCUT2D eigenvalue weighted by molar-refractivity contribution is 5.91. The van der Waals surface area contributed by atoms with E-state index in [9.17, 15) is 14.0 Å². The van der Waals surface area contributed by atoms with Gasteiger partial charge in [0.15, 0.2) is 0 Å². The van der Waals surface area contributed by atoms with Crippen LogP contribution in [-0.2, 0) is 9.47 Å². The molecule has 1 aromatic carbocycles. The molecule has 0 aliphatic carbocycles. The van der Waals surface area contributed by atoms with Crippen molar-refractivity contribution in [1.82, 2.24) is 15.0 Å². The number of amides is 2. The number of benzene rings is 1. The average molecular weight is 632 g/mol. The van der Waals surface area contributed by atoms with Crippen LogP contribution in [0.2, 0.25) is 0 Å². The Kier molecular flexibility index (Phi) is 8.99. The van der Waals surface area contributed by atoms with Crippen LogP contribution in [0.15, 0.2) is 85.5 Å². The Morgan fingerprint density at radius 2 is 1.28 bits per heavy atom. The van der Waals surface area contributed by atoms with Crippen LogP contribution in [0.5, 0.6) is 0 Å². The summed E-state index contributed by atoms with van der Waals surface area (Å²) in [6.45, 7) is 11.9. The topological polar surface area (TPSA) is 97.8 Å². The van der Waals surface area contributed by atoms with E-state index in [1.807, 2.05) is 77.9 Å². The lowest BCUT2D eigenvalue weighted by Gasteiger charge is -2.36. The minimum Gasteiger partial charge on any atom is -0.441 e. The number of ether oxygens (including phenoxy) is 2. The molecule has 3 aromatic heterocycles. The standard InChI is InChI=1S/C20H20N2O2.C17H14FN3O2/c1-19(2)20(3,4)24-18(23)22(19)17-13-12-16(14-21-17)11-10-15-8-6-5-7-9-15;1-17(2)11-21(16(22)23-17)15-6-5-12(9-20-15)3-4-13-7-14(18)10-19-8-13/h5-9,12-14H,1-4H3;5-10H,11H2,1-2H3. The quantitative estimate of drug-likeness (QED) is 0.226. The van der Waals surface area contributed by atoms with Gasteiger partial charge in [-0.05, 0) is 84.0 Å². The van der Waals surface area contributed by atoms with E-state index >= 15 is 0 Å². The second-order valence-corrected chi connectivity index (χ2v) is 12.6. The van der Waals surface area contributed by atoms with E-state index < -0.39 is 28.7 Å². The maximum Gasteiger partial charge on any atom is 0.416 e. The lowest BCUT2D eigenvalue weighted by molar-refractivity contribution is 0.0458. The van der Waals surface area contributed by atoms with Crippen molar-refractivity contribution < 1.29 is 23.5 Å². The molecule has 5 heterocycles. The third-order valence-corrected chi connectivity index (χ3v) is 7.86. The van der Waals surface area contributed by atoms with Crippen LogP contribution in [-0.4, -0.2) is 50.4 Å². The third kappa shape index (κ3) is 7.57. The third-order valence-electron chi connectivity index (χ3n) is 7.86. The molecular formula is C37H34FN5O4. The Labute approximate surface area is 273 Å². The van der Waals surface area contributed by atoms with E-state index in [4.69, 9.17) is 9.47 Å². The molecule has 0 saturated carbocycles. The van der Waals surface area contributed by atoms with Crippen molar-refractivity contribution in [2.75, 3.05) is 16.3 Å². The Hall–Kier alpha value is -5.74. The molecule has 238 valence electrons. The van der Waals surface area contributed by atoms with Gasteiger partial charge < -0.3 is 9.47 Å². The van der Waals surface area contributed by atoms with Gasteiger partial charge in [0.2, 0.25) is 0 Å². The van der Waals surface area contributed by atoms with Crippen molar-refractivity contribution in [3.8, 4) is 23.7 Å². The van der Waals surface area contributed by atoms with E-state index in [0.717, 1.165) is 17.3 Å². The zero-order valence-corrected chi connectivity index (χ0v) is 27.0. The Balaban J connectivity index is 0.000000185. The summed E-state index contributed by atoms with van der Waals surface area (Å²) in [5.41, 5.74) is 1.29. The van der Waals surface area contributed by atoms with Crippen molar-refractivity contribution in [2.45, 2.75) is 58.3 Å². The number of aromatic nitrogens is 3. The highest BCUT2D eigenvalue weighted by atomic mass is 19.1. The molecule has 47 heavy (non-hydrogen) atoms. The number of nitrogens with zero attached hydrogens (tertiary/aromatic N) is 5. The minimum atomic E-state index is -0.586. The maximum atomic E-state index is 13.0. The van der Waals surface area contributed by atoms with Crippen LogP contribution in [0.3, 0.4) is 0 Å². The number of rotatable bonds is 2. The Bertz CT molecular complexity index is 1900. The summed E-state index contributed by atoms with van der Waals surface area (Å²) in [7, 11) is 0. The number of carbonyl (C=O) groups excluding carboxylic acids is 2. The summed E-state index contributed by atoms with van der Waals surface area (Å²) < 4.78 is 23.8. The van der Waals surface area contributed by atoms with Crippen LogP contribution in [0.1, 0.15) is 63.8 Å². The summed E-state index contributed by atoms with van der Waals surface area (Å²) in [6.07, 6.45) is 5.07. The highest BCUT2D eigenvalue weighted by Crippen LogP contribution is 2.41. The van der Waals surface area contributed by atoms with Gasteiger partial charge in [-0.1, -0.05) is 41.9 Å². The average Bonchev–Trinajstić information content (AvgIpc) is 3.40. The first-order valence-corrected chi connectivity index (χ1v) is 14.9. The molecule has 0 N–H and O–H groups in total. The number of halogens is 1. The fraction of sp³-hybridized carbons (Fsp3) is 0.270. The monoisotopic (exact) mass is 631 g/mol. The van der Waals surface area contributed by atoms with Crippen LogP contribution in [0.25, 0.3) is 0 Å². The summed E-state index contributed by atoms with van der Waals surface area (Å²) in [5, 5.41) is 0. The molecule has 2 amide bonds. The van der Waals surface area contributed by atoms with Crippen molar-refractivity contribution in [3.63, 3.8) is 0 Å². The molecule has 0 radical (unpaired) electrons. The second kappa shape index (κ2) is 12.9. The van der Waals surface area contributed by atoms with Gasteiger partial charge in [0.1, 0.15) is 28.7 Å². The van der Waals surface area contributed by atoms with E-state index in [1.165, 1.54) is 17.2 Å². The Morgan fingerprint density at radius 1 is 0.681 bits per heavy atom. The van der Waals surface area contributed by atoms with Gasteiger partial charge in [-0.2, -0.15) is 0 Å². The van der Waals surface area contributed by atoms with Crippen LogP contribution >= 0.6 is 0 Å². The first kappa shape index (κ1) is 32.6. The van der Waals surface area contributed by atoms with Gasteiger partial charge in [-0.25, -0.2) is 23.9 Å². The van der Waals surface area contributed by atoms with Crippen molar-refractivity contribution in [2.24, 2.45) is 0 Å². The lowest BCUT2D eigenvalue weighted by Crippen LogP contribution is -2.51. The van der Waals surface area contributed by atoms with Crippen molar-refractivity contribution in [1.29, 1.82) is 0 Å². The SMILES string of the molecule is CC1(C)CN(c2ccc(C#Cc3cncc(F)c3)cn2)C(=O)O1.CC1(C)OC(=O)N(c2ccc(C#Cc3ccccc3)cn2)C1(C)C. The molecule has 0 unspecified atom stereocenters. The van der Waals surface area contributed by atoms with Crippen molar-refractivity contribution >= 4 is 23.8 Å². The molecule has 2 aliphatic heterocycles. The van der Waals surface area contributed by atoms with Gasteiger partial charge in [-0.15, -0.1) is 0 Å². The first-order valence-electron chi connectivity index (χ1n) is 14.9. The zero-order valence-electron chi connectivity index (χ0n) is 27.0. The van der Waals surface area contributed by atoms with Crippen LogP contribution < -0.4 is 9.80 Å². The molecule has 2 fully saturated rings. The zero-order chi connectivity index (χ0) is 33.8. The number of anilines is 2. The van der Waals surface area contributed by atoms with E-state index in [2.05, 4.69) is 38.6 Å². The minimum absolute atomic E-state index is 0.374. The van der Waals surface area contributed by atoms with Crippen LogP contribution in [0, 0.1) is 29.5 Å². The number of carbonyl (C=O) groups is 2. The molecule has 10 heteroatoms. The molecule has 4 aromatic rings. The molecule has 0 atom stereocenters. The second-order valence-electron chi connectivity index (χ2n) is 12.6. The number of hydrogen-bond donors (Lipinski definition) is 0. The molecule has 6 rings (SSSR count). The number of hydrogen-bond acceptors (Lipinski definition) is 7. The molecular weight excluding hydrogens is 597 g/mol. The fourth-order valence-electron chi connectivity index (χ4n) is 4.71.